The van der Waals surface area contributed by atoms with Crippen LogP contribution in [0.2, 0.25) is 0 Å². The maximum atomic E-state index is 11.1. The molecule has 5 nitrogen and oxygen atoms in total. The Balaban J connectivity index is 3.51. The highest BCUT2D eigenvalue weighted by Crippen LogP contribution is 2.23. The lowest BCUT2D eigenvalue weighted by atomic mass is 10.0. The largest absolute Gasteiger partial charge is 0.298 e. The number of carbonyl (C=O) groups is 2. The molecular weight excluding hydrogens is 198 g/mol. The molecule has 5 heteroatoms. The standard InChI is InChI=1S/C10H9NO4/c1-6-9(5-12)3-8(7(2)13)4-10(6)11(14)15/h3-5H,1-2H3. The zero-order chi connectivity index (χ0) is 11.6. The van der Waals surface area contributed by atoms with Crippen LogP contribution in [0.3, 0.4) is 0 Å². The maximum Gasteiger partial charge on any atom is 0.273 e. The zero-order valence-corrected chi connectivity index (χ0v) is 8.31. The first-order valence-corrected chi connectivity index (χ1v) is 4.22. The first-order valence-electron chi connectivity index (χ1n) is 4.22. The number of benzene rings is 1. The second kappa shape index (κ2) is 4.00. The molecule has 0 heterocycles. The molecule has 0 amide bonds. The van der Waals surface area contributed by atoms with Gasteiger partial charge in [-0.2, -0.15) is 0 Å². The van der Waals surface area contributed by atoms with Crippen LogP contribution in [0.5, 0.6) is 0 Å². The van der Waals surface area contributed by atoms with Gasteiger partial charge in [0.1, 0.15) is 0 Å². The summed E-state index contributed by atoms with van der Waals surface area (Å²) in [6, 6.07) is 2.54. The van der Waals surface area contributed by atoms with E-state index in [9.17, 15) is 19.7 Å². The van der Waals surface area contributed by atoms with Crippen LogP contribution in [0.1, 0.15) is 33.2 Å². The first kappa shape index (κ1) is 11.0. The molecular formula is C10H9NO4. The topological polar surface area (TPSA) is 77.3 Å². The van der Waals surface area contributed by atoms with Gasteiger partial charge in [0.2, 0.25) is 0 Å². The molecule has 1 rings (SSSR count). The number of Topliss-reactive ketones (excluding diaryl/α,β-unsaturated/α-hetero) is 1. The Hall–Kier alpha value is -2.04. The summed E-state index contributed by atoms with van der Waals surface area (Å²) in [5.74, 6) is -0.304. The number of hydrogen-bond donors (Lipinski definition) is 0. The van der Waals surface area contributed by atoms with Gasteiger partial charge < -0.3 is 0 Å². The molecule has 0 aliphatic heterocycles. The number of hydrogen-bond acceptors (Lipinski definition) is 4. The van der Waals surface area contributed by atoms with Gasteiger partial charge in [-0.3, -0.25) is 19.7 Å². The minimum atomic E-state index is -0.602. The van der Waals surface area contributed by atoms with E-state index in [1.54, 1.807) is 0 Å². The quantitative estimate of drug-likeness (QED) is 0.328. The molecule has 0 aliphatic carbocycles. The molecule has 0 unspecified atom stereocenters. The van der Waals surface area contributed by atoms with E-state index < -0.39 is 4.92 Å². The van der Waals surface area contributed by atoms with Crippen LogP contribution in [0.15, 0.2) is 12.1 Å². The van der Waals surface area contributed by atoms with Crippen LogP contribution in [-0.2, 0) is 0 Å². The predicted molar refractivity (Wildman–Crippen MR) is 53.2 cm³/mol. The van der Waals surface area contributed by atoms with Crippen molar-refractivity contribution in [3.05, 3.63) is 38.9 Å². The summed E-state index contributed by atoms with van der Waals surface area (Å²) in [5.41, 5.74) is 0.425. The van der Waals surface area contributed by atoms with Crippen molar-refractivity contribution in [2.24, 2.45) is 0 Å². The van der Waals surface area contributed by atoms with Crippen LogP contribution in [0.25, 0.3) is 0 Å². The predicted octanol–water partition coefficient (Wildman–Crippen LogP) is 1.92. The van der Waals surface area contributed by atoms with Crippen molar-refractivity contribution >= 4 is 17.8 Å². The Bertz CT molecular complexity index is 451. The highest BCUT2D eigenvalue weighted by atomic mass is 16.6. The number of nitro benzene ring substituents is 1. The molecule has 0 radical (unpaired) electrons. The summed E-state index contributed by atoms with van der Waals surface area (Å²) in [6.07, 6.45) is 0.509. The van der Waals surface area contributed by atoms with Crippen molar-refractivity contribution < 1.29 is 14.5 Å². The van der Waals surface area contributed by atoms with Crippen molar-refractivity contribution in [2.45, 2.75) is 13.8 Å². The molecule has 0 atom stereocenters. The molecule has 0 aromatic heterocycles. The summed E-state index contributed by atoms with van der Waals surface area (Å²) in [4.78, 5) is 31.7. The lowest BCUT2D eigenvalue weighted by Crippen LogP contribution is -2.01. The van der Waals surface area contributed by atoms with Crippen molar-refractivity contribution in [1.82, 2.24) is 0 Å². The van der Waals surface area contributed by atoms with E-state index in [0.29, 0.717) is 6.29 Å². The van der Waals surface area contributed by atoms with Crippen LogP contribution in [0.4, 0.5) is 5.69 Å². The number of nitro groups is 1. The van der Waals surface area contributed by atoms with E-state index in [0.717, 1.165) is 0 Å². The third-order valence-electron chi connectivity index (χ3n) is 2.15. The van der Waals surface area contributed by atoms with Gasteiger partial charge in [0.25, 0.3) is 5.69 Å². The Labute approximate surface area is 85.9 Å². The molecule has 0 bridgehead atoms. The zero-order valence-electron chi connectivity index (χ0n) is 8.31. The van der Waals surface area contributed by atoms with E-state index in [-0.39, 0.29) is 28.2 Å². The van der Waals surface area contributed by atoms with Crippen molar-refractivity contribution in [1.29, 1.82) is 0 Å². The fraction of sp³-hybridized carbons (Fsp3) is 0.200. The van der Waals surface area contributed by atoms with Gasteiger partial charge in [-0.15, -0.1) is 0 Å². The fourth-order valence-electron chi connectivity index (χ4n) is 1.24. The van der Waals surface area contributed by atoms with E-state index >= 15 is 0 Å². The monoisotopic (exact) mass is 207 g/mol. The third kappa shape index (κ3) is 2.07. The van der Waals surface area contributed by atoms with Gasteiger partial charge in [0.05, 0.1) is 4.92 Å². The molecule has 0 N–H and O–H groups in total. The second-order valence-electron chi connectivity index (χ2n) is 3.14. The highest BCUT2D eigenvalue weighted by molar-refractivity contribution is 5.97. The normalized spacial score (nSPS) is 9.73. The van der Waals surface area contributed by atoms with E-state index in [1.165, 1.54) is 26.0 Å². The minimum absolute atomic E-state index is 0.175. The summed E-state index contributed by atoms with van der Waals surface area (Å²) >= 11 is 0. The van der Waals surface area contributed by atoms with Crippen LogP contribution >= 0.6 is 0 Å². The summed E-state index contributed by atoms with van der Waals surface area (Å²) in [7, 11) is 0. The second-order valence-corrected chi connectivity index (χ2v) is 3.14. The van der Waals surface area contributed by atoms with Gasteiger partial charge in [-0.05, 0) is 19.9 Å². The van der Waals surface area contributed by atoms with E-state index in [4.69, 9.17) is 0 Å². The van der Waals surface area contributed by atoms with Gasteiger partial charge in [0, 0.05) is 22.8 Å². The van der Waals surface area contributed by atoms with Crippen molar-refractivity contribution in [3.8, 4) is 0 Å². The van der Waals surface area contributed by atoms with Gasteiger partial charge in [-0.1, -0.05) is 0 Å². The van der Waals surface area contributed by atoms with E-state index in [2.05, 4.69) is 0 Å². The smallest absolute Gasteiger partial charge is 0.273 e. The molecule has 0 aliphatic rings. The molecule has 0 saturated carbocycles. The Morgan fingerprint density at radius 1 is 1.47 bits per heavy atom. The van der Waals surface area contributed by atoms with Crippen LogP contribution in [-0.4, -0.2) is 17.0 Å². The molecule has 15 heavy (non-hydrogen) atoms. The SMILES string of the molecule is CC(=O)c1cc(C=O)c(C)c([N+](=O)[O-])c1. The lowest BCUT2D eigenvalue weighted by Gasteiger charge is -2.02. The van der Waals surface area contributed by atoms with Crippen molar-refractivity contribution in [2.75, 3.05) is 0 Å². The maximum absolute atomic E-state index is 11.1. The summed E-state index contributed by atoms with van der Waals surface area (Å²) < 4.78 is 0. The molecule has 1 aromatic carbocycles. The average molecular weight is 207 g/mol. The van der Waals surface area contributed by atoms with E-state index in [1.807, 2.05) is 0 Å². The molecule has 1 aromatic rings. The number of carbonyl (C=O) groups excluding carboxylic acids is 2. The van der Waals surface area contributed by atoms with Crippen LogP contribution in [0, 0.1) is 17.0 Å². The average Bonchev–Trinajstić information content (AvgIpc) is 2.17. The molecule has 0 spiro atoms. The molecule has 0 fully saturated rings. The third-order valence-corrected chi connectivity index (χ3v) is 2.15. The lowest BCUT2D eigenvalue weighted by molar-refractivity contribution is -0.385. The van der Waals surface area contributed by atoms with Gasteiger partial charge >= 0.3 is 0 Å². The number of nitrogens with zero attached hydrogens (tertiary/aromatic N) is 1. The molecule has 78 valence electrons. The van der Waals surface area contributed by atoms with Crippen molar-refractivity contribution in [3.63, 3.8) is 0 Å². The fourth-order valence-corrected chi connectivity index (χ4v) is 1.24. The summed E-state index contributed by atoms with van der Waals surface area (Å²) in [5, 5.41) is 10.6. The van der Waals surface area contributed by atoms with Crippen LogP contribution < -0.4 is 0 Å². The molecule has 0 saturated heterocycles. The number of rotatable bonds is 3. The first-order chi connectivity index (χ1) is 6.97. The number of aldehydes is 1. The minimum Gasteiger partial charge on any atom is -0.298 e. The Kier molecular flexibility index (Phi) is 2.94. The van der Waals surface area contributed by atoms with Gasteiger partial charge in [0.15, 0.2) is 12.1 Å². The summed E-state index contributed by atoms with van der Waals surface area (Å²) in [6.45, 7) is 2.77. The highest BCUT2D eigenvalue weighted by Gasteiger charge is 2.17. The number of ketones is 1. The van der Waals surface area contributed by atoms with Gasteiger partial charge in [-0.25, -0.2) is 0 Å². The Morgan fingerprint density at radius 2 is 2.07 bits per heavy atom. The Morgan fingerprint density at radius 3 is 2.47 bits per heavy atom.